The van der Waals surface area contributed by atoms with Crippen molar-refractivity contribution in [2.75, 3.05) is 5.32 Å². The lowest BCUT2D eigenvalue weighted by molar-refractivity contribution is 0.102. The number of benzene rings is 1. The Morgan fingerprint density at radius 1 is 1.19 bits per heavy atom. The minimum atomic E-state index is -0.316. The number of hydrogen-bond donors (Lipinski definition) is 1. The molecule has 0 aliphatic rings. The van der Waals surface area contributed by atoms with Crippen LogP contribution in [-0.4, -0.2) is 15.9 Å². The fourth-order valence-corrected chi connectivity index (χ4v) is 2.13. The fourth-order valence-electron chi connectivity index (χ4n) is 1.98. The minimum Gasteiger partial charge on any atom is -0.321 e. The van der Waals surface area contributed by atoms with Crippen LogP contribution in [0.2, 0.25) is 5.15 Å². The predicted molar refractivity (Wildman–Crippen MR) is 84.7 cm³/mol. The maximum Gasteiger partial charge on any atom is 0.275 e. The summed E-state index contributed by atoms with van der Waals surface area (Å²) in [7, 11) is 0. The van der Waals surface area contributed by atoms with Gasteiger partial charge in [-0.2, -0.15) is 0 Å². The number of rotatable bonds is 6. The average molecular weight is 304 g/mol. The molecular formula is C16H18ClN3O. The van der Waals surface area contributed by atoms with E-state index in [0.29, 0.717) is 0 Å². The standard InChI is InChI=1S/C16H18ClN3O/c1-2-3-4-5-12-6-8-13(9-7-12)19-16(21)14-10-18-11-15(17)20-14/h6-11H,2-5H2,1H3,(H,19,21). The highest BCUT2D eigenvalue weighted by molar-refractivity contribution is 6.29. The average Bonchev–Trinajstić information content (AvgIpc) is 2.49. The van der Waals surface area contributed by atoms with Gasteiger partial charge in [-0.3, -0.25) is 9.78 Å². The van der Waals surface area contributed by atoms with Gasteiger partial charge in [-0.25, -0.2) is 4.98 Å². The fraction of sp³-hybridized carbons (Fsp3) is 0.312. The summed E-state index contributed by atoms with van der Waals surface area (Å²) in [5, 5.41) is 2.98. The van der Waals surface area contributed by atoms with Crippen LogP contribution < -0.4 is 5.32 Å². The highest BCUT2D eigenvalue weighted by Crippen LogP contribution is 2.13. The Hall–Kier alpha value is -1.94. The van der Waals surface area contributed by atoms with E-state index in [1.807, 2.05) is 24.3 Å². The van der Waals surface area contributed by atoms with E-state index in [0.717, 1.165) is 12.1 Å². The van der Waals surface area contributed by atoms with Crippen molar-refractivity contribution in [1.29, 1.82) is 0 Å². The number of amides is 1. The van der Waals surface area contributed by atoms with Crippen LogP contribution in [-0.2, 0) is 6.42 Å². The Morgan fingerprint density at radius 3 is 2.62 bits per heavy atom. The summed E-state index contributed by atoms with van der Waals surface area (Å²) in [6, 6.07) is 7.87. The first-order valence-electron chi connectivity index (χ1n) is 7.07. The first kappa shape index (κ1) is 15.4. The number of carbonyl (C=O) groups is 1. The third kappa shape index (κ3) is 4.83. The molecule has 1 N–H and O–H groups in total. The summed E-state index contributed by atoms with van der Waals surface area (Å²) in [4.78, 5) is 19.8. The van der Waals surface area contributed by atoms with Gasteiger partial charge in [-0.1, -0.05) is 43.5 Å². The van der Waals surface area contributed by atoms with Gasteiger partial charge in [0, 0.05) is 5.69 Å². The molecule has 0 spiro atoms. The lowest BCUT2D eigenvalue weighted by Crippen LogP contribution is -2.14. The van der Waals surface area contributed by atoms with Crippen LogP contribution in [0.4, 0.5) is 5.69 Å². The second kappa shape index (κ2) is 7.74. The lowest BCUT2D eigenvalue weighted by atomic mass is 10.1. The zero-order valence-electron chi connectivity index (χ0n) is 12.0. The van der Waals surface area contributed by atoms with Crippen molar-refractivity contribution in [2.45, 2.75) is 32.6 Å². The van der Waals surface area contributed by atoms with Crippen molar-refractivity contribution >= 4 is 23.2 Å². The molecule has 0 aliphatic carbocycles. The number of carbonyl (C=O) groups excluding carboxylic acids is 1. The molecular weight excluding hydrogens is 286 g/mol. The SMILES string of the molecule is CCCCCc1ccc(NC(=O)c2cncc(Cl)n2)cc1. The predicted octanol–water partition coefficient (Wildman–Crippen LogP) is 4.12. The summed E-state index contributed by atoms with van der Waals surface area (Å²) in [6.07, 6.45) is 7.51. The molecule has 0 aliphatic heterocycles. The van der Waals surface area contributed by atoms with Gasteiger partial charge in [0.25, 0.3) is 5.91 Å². The molecule has 0 fully saturated rings. The molecule has 2 rings (SSSR count). The van der Waals surface area contributed by atoms with Gasteiger partial charge in [0.15, 0.2) is 0 Å². The molecule has 0 atom stereocenters. The molecule has 5 heteroatoms. The number of unbranched alkanes of at least 4 members (excludes halogenated alkanes) is 2. The molecule has 110 valence electrons. The first-order valence-corrected chi connectivity index (χ1v) is 7.44. The van der Waals surface area contributed by atoms with E-state index >= 15 is 0 Å². The van der Waals surface area contributed by atoms with Crippen molar-refractivity contribution in [1.82, 2.24) is 9.97 Å². The normalized spacial score (nSPS) is 10.4. The van der Waals surface area contributed by atoms with E-state index in [2.05, 4.69) is 22.2 Å². The zero-order chi connectivity index (χ0) is 15.1. The maximum atomic E-state index is 12.0. The van der Waals surface area contributed by atoms with Crippen LogP contribution in [0.5, 0.6) is 0 Å². The number of hydrogen-bond acceptors (Lipinski definition) is 3. The number of anilines is 1. The highest BCUT2D eigenvalue weighted by Gasteiger charge is 2.08. The molecule has 0 unspecified atom stereocenters. The topological polar surface area (TPSA) is 54.9 Å². The van der Waals surface area contributed by atoms with E-state index in [4.69, 9.17) is 11.6 Å². The molecule has 21 heavy (non-hydrogen) atoms. The van der Waals surface area contributed by atoms with Crippen molar-refractivity contribution in [3.05, 3.63) is 53.1 Å². The smallest absolute Gasteiger partial charge is 0.275 e. The number of nitrogens with one attached hydrogen (secondary N) is 1. The minimum absolute atomic E-state index is 0.203. The van der Waals surface area contributed by atoms with Crippen LogP contribution in [0.1, 0.15) is 42.2 Å². The third-order valence-electron chi connectivity index (χ3n) is 3.12. The van der Waals surface area contributed by atoms with E-state index < -0.39 is 0 Å². The molecule has 0 saturated heterocycles. The summed E-state index contributed by atoms with van der Waals surface area (Å²) in [6.45, 7) is 2.19. The van der Waals surface area contributed by atoms with E-state index in [1.165, 1.54) is 37.2 Å². The highest BCUT2D eigenvalue weighted by atomic mass is 35.5. The van der Waals surface area contributed by atoms with Crippen molar-refractivity contribution in [3.8, 4) is 0 Å². The Kier molecular flexibility index (Phi) is 5.69. The Bertz CT molecular complexity index is 599. The summed E-state index contributed by atoms with van der Waals surface area (Å²) in [5.41, 5.74) is 2.22. The van der Waals surface area contributed by atoms with Crippen molar-refractivity contribution in [3.63, 3.8) is 0 Å². The van der Waals surface area contributed by atoms with Crippen LogP contribution in [0, 0.1) is 0 Å². The number of aromatic nitrogens is 2. The van der Waals surface area contributed by atoms with Crippen LogP contribution >= 0.6 is 11.6 Å². The molecule has 0 saturated carbocycles. The van der Waals surface area contributed by atoms with Gasteiger partial charge in [-0.15, -0.1) is 0 Å². The van der Waals surface area contributed by atoms with Gasteiger partial charge in [-0.05, 0) is 30.5 Å². The molecule has 0 radical (unpaired) electrons. The summed E-state index contributed by atoms with van der Waals surface area (Å²) in [5.74, 6) is -0.316. The molecule has 2 aromatic rings. The first-order chi connectivity index (χ1) is 10.2. The van der Waals surface area contributed by atoms with E-state index in [9.17, 15) is 4.79 Å². The maximum absolute atomic E-state index is 12.0. The largest absolute Gasteiger partial charge is 0.321 e. The Balaban J connectivity index is 1.95. The number of aryl methyl sites for hydroxylation is 1. The molecule has 1 amide bonds. The van der Waals surface area contributed by atoms with Crippen LogP contribution in [0.3, 0.4) is 0 Å². The summed E-state index contributed by atoms with van der Waals surface area (Å²) < 4.78 is 0. The van der Waals surface area contributed by atoms with Gasteiger partial charge in [0.1, 0.15) is 10.8 Å². The van der Waals surface area contributed by atoms with Crippen molar-refractivity contribution in [2.24, 2.45) is 0 Å². The van der Waals surface area contributed by atoms with Crippen LogP contribution in [0.15, 0.2) is 36.7 Å². The second-order valence-corrected chi connectivity index (χ2v) is 5.22. The second-order valence-electron chi connectivity index (χ2n) is 4.84. The van der Waals surface area contributed by atoms with Gasteiger partial charge in [0.05, 0.1) is 12.4 Å². The van der Waals surface area contributed by atoms with Crippen molar-refractivity contribution < 1.29 is 4.79 Å². The van der Waals surface area contributed by atoms with E-state index in [1.54, 1.807) is 0 Å². The molecule has 1 heterocycles. The quantitative estimate of drug-likeness (QED) is 0.817. The Morgan fingerprint density at radius 2 is 1.95 bits per heavy atom. The lowest BCUT2D eigenvalue weighted by Gasteiger charge is -2.06. The molecule has 0 bridgehead atoms. The molecule has 4 nitrogen and oxygen atoms in total. The number of halogens is 1. The number of nitrogens with zero attached hydrogens (tertiary/aromatic N) is 2. The van der Waals surface area contributed by atoms with Gasteiger partial charge < -0.3 is 5.32 Å². The zero-order valence-corrected chi connectivity index (χ0v) is 12.7. The Labute approximate surface area is 129 Å². The van der Waals surface area contributed by atoms with E-state index in [-0.39, 0.29) is 16.8 Å². The van der Waals surface area contributed by atoms with Gasteiger partial charge in [0.2, 0.25) is 0 Å². The monoisotopic (exact) mass is 303 g/mol. The van der Waals surface area contributed by atoms with Gasteiger partial charge >= 0.3 is 0 Å². The molecule has 1 aromatic heterocycles. The molecule has 1 aromatic carbocycles. The van der Waals surface area contributed by atoms with Crippen LogP contribution in [0.25, 0.3) is 0 Å². The summed E-state index contributed by atoms with van der Waals surface area (Å²) >= 11 is 5.72. The third-order valence-corrected chi connectivity index (χ3v) is 3.30.